The van der Waals surface area contributed by atoms with Crippen LogP contribution in [0.1, 0.15) is 66.2 Å². The van der Waals surface area contributed by atoms with E-state index < -0.39 is 0 Å². The zero-order chi connectivity index (χ0) is 13.6. The standard InChI is InChI=1S/C16H33NO/c1-6-17-14(15(18-5)16(2,3)4)13-11-9-7-8-10-12-13/h13-15,17H,6-12H2,1-5H3. The first-order valence-electron chi connectivity index (χ1n) is 7.77. The van der Waals surface area contributed by atoms with Crippen LogP contribution in [0, 0.1) is 11.3 Å². The normalized spacial score (nSPS) is 22.5. The molecule has 0 radical (unpaired) electrons. The van der Waals surface area contributed by atoms with E-state index in [4.69, 9.17) is 4.74 Å². The maximum Gasteiger partial charge on any atom is 0.0775 e. The molecule has 0 aromatic rings. The fourth-order valence-corrected chi connectivity index (χ4v) is 3.47. The SMILES string of the molecule is CCNC(C1CCCCCC1)C(OC)C(C)(C)C. The van der Waals surface area contributed by atoms with Crippen LogP contribution in [0.25, 0.3) is 0 Å². The molecule has 0 aromatic carbocycles. The second kappa shape index (κ2) is 7.49. The zero-order valence-corrected chi connectivity index (χ0v) is 13.1. The first-order valence-corrected chi connectivity index (χ1v) is 7.77. The number of hydrogen-bond acceptors (Lipinski definition) is 2. The first-order chi connectivity index (χ1) is 8.50. The molecule has 0 aromatic heterocycles. The number of likely N-dealkylation sites (N-methyl/N-ethyl adjacent to an activating group) is 1. The van der Waals surface area contributed by atoms with Crippen LogP contribution in [-0.4, -0.2) is 25.8 Å². The quantitative estimate of drug-likeness (QED) is 0.750. The van der Waals surface area contributed by atoms with Crippen molar-refractivity contribution in [3.8, 4) is 0 Å². The second-order valence-corrected chi connectivity index (χ2v) is 6.86. The zero-order valence-electron chi connectivity index (χ0n) is 13.1. The third kappa shape index (κ3) is 4.55. The summed E-state index contributed by atoms with van der Waals surface area (Å²) >= 11 is 0. The number of ether oxygens (including phenoxy) is 1. The molecular weight excluding hydrogens is 222 g/mol. The van der Waals surface area contributed by atoms with Crippen molar-refractivity contribution in [2.45, 2.75) is 78.4 Å². The molecule has 1 fully saturated rings. The second-order valence-electron chi connectivity index (χ2n) is 6.86. The number of methoxy groups -OCH3 is 1. The van der Waals surface area contributed by atoms with Crippen LogP contribution in [0.5, 0.6) is 0 Å². The predicted molar refractivity (Wildman–Crippen MR) is 78.9 cm³/mol. The number of hydrogen-bond donors (Lipinski definition) is 1. The summed E-state index contributed by atoms with van der Waals surface area (Å²) in [6.45, 7) is 10.1. The van der Waals surface area contributed by atoms with Gasteiger partial charge in [0.1, 0.15) is 0 Å². The largest absolute Gasteiger partial charge is 0.379 e. The Balaban J connectivity index is 2.77. The summed E-state index contributed by atoms with van der Waals surface area (Å²) in [6.07, 6.45) is 8.67. The predicted octanol–water partition coefficient (Wildman–Crippen LogP) is 4.00. The molecule has 1 N–H and O–H groups in total. The van der Waals surface area contributed by atoms with Crippen LogP contribution in [0.4, 0.5) is 0 Å². The van der Waals surface area contributed by atoms with E-state index in [1.54, 1.807) is 0 Å². The molecule has 2 nitrogen and oxygen atoms in total. The lowest BCUT2D eigenvalue weighted by Gasteiger charge is -2.40. The summed E-state index contributed by atoms with van der Waals surface area (Å²) in [7, 11) is 1.87. The van der Waals surface area contributed by atoms with Crippen LogP contribution in [0.3, 0.4) is 0 Å². The highest BCUT2D eigenvalue weighted by Crippen LogP contribution is 2.33. The fraction of sp³-hybridized carbons (Fsp3) is 1.00. The molecule has 1 aliphatic rings. The van der Waals surface area contributed by atoms with Crippen molar-refractivity contribution in [3.05, 3.63) is 0 Å². The van der Waals surface area contributed by atoms with E-state index in [0.717, 1.165) is 12.5 Å². The Bertz CT molecular complexity index is 214. The highest BCUT2D eigenvalue weighted by atomic mass is 16.5. The van der Waals surface area contributed by atoms with Gasteiger partial charge in [0.25, 0.3) is 0 Å². The van der Waals surface area contributed by atoms with Crippen molar-refractivity contribution in [2.75, 3.05) is 13.7 Å². The Labute approximate surface area is 114 Å². The van der Waals surface area contributed by atoms with Gasteiger partial charge in [-0.2, -0.15) is 0 Å². The summed E-state index contributed by atoms with van der Waals surface area (Å²) in [5.74, 6) is 0.789. The van der Waals surface area contributed by atoms with Crippen LogP contribution >= 0.6 is 0 Å². The summed E-state index contributed by atoms with van der Waals surface area (Å²) < 4.78 is 5.86. The highest BCUT2D eigenvalue weighted by molar-refractivity contribution is 4.91. The maximum absolute atomic E-state index is 5.86. The molecule has 0 aliphatic heterocycles. The molecule has 0 saturated heterocycles. The molecule has 0 amide bonds. The molecule has 18 heavy (non-hydrogen) atoms. The van der Waals surface area contributed by atoms with E-state index in [9.17, 15) is 0 Å². The van der Waals surface area contributed by atoms with E-state index in [0.29, 0.717) is 12.1 Å². The van der Waals surface area contributed by atoms with Crippen molar-refractivity contribution in [2.24, 2.45) is 11.3 Å². The Hall–Kier alpha value is -0.0800. The lowest BCUT2D eigenvalue weighted by molar-refractivity contribution is -0.0279. The average Bonchev–Trinajstić information content (AvgIpc) is 2.55. The van der Waals surface area contributed by atoms with Gasteiger partial charge in [0, 0.05) is 13.2 Å². The molecular formula is C16H33NO. The molecule has 0 bridgehead atoms. The molecule has 1 rings (SSSR count). The molecule has 1 aliphatic carbocycles. The van der Waals surface area contributed by atoms with Crippen molar-refractivity contribution < 1.29 is 4.74 Å². The number of nitrogens with one attached hydrogen (secondary N) is 1. The first kappa shape index (κ1) is 16.0. The lowest BCUT2D eigenvalue weighted by atomic mass is 9.77. The van der Waals surface area contributed by atoms with Gasteiger partial charge in [-0.25, -0.2) is 0 Å². The molecule has 0 heterocycles. The van der Waals surface area contributed by atoms with Crippen LogP contribution in [0.2, 0.25) is 0 Å². The number of rotatable bonds is 5. The molecule has 2 heteroatoms. The molecule has 2 unspecified atom stereocenters. The van der Waals surface area contributed by atoms with Gasteiger partial charge >= 0.3 is 0 Å². The Morgan fingerprint density at radius 2 is 1.67 bits per heavy atom. The molecule has 0 spiro atoms. The van der Waals surface area contributed by atoms with Gasteiger partial charge in [-0.1, -0.05) is 53.4 Å². The Morgan fingerprint density at radius 3 is 2.06 bits per heavy atom. The minimum atomic E-state index is 0.202. The minimum Gasteiger partial charge on any atom is -0.379 e. The van der Waals surface area contributed by atoms with Crippen LogP contribution in [-0.2, 0) is 4.74 Å². The lowest BCUT2D eigenvalue weighted by Crippen LogP contribution is -2.51. The monoisotopic (exact) mass is 255 g/mol. The minimum absolute atomic E-state index is 0.202. The van der Waals surface area contributed by atoms with Gasteiger partial charge < -0.3 is 10.1 Å². The van der Waals surface area contributed by atoms with Gasteiger partial charge in [0.15, 0.2) is 0 Å². The molecule has 2 atom stereocenters. The topological polar surface area (TPSA) is 21.3 Å². The third-order valence-corrected chi connectivity index (χ3v) is 4.28. The van der Waals surface area contributed by atoms with Gasteiger partial charge in [-0.05, 0) is 30.7 Å². The Kier molecular flexibility index (Phi) is 6.65. The van der Waals surface area contributed by atoms with Crippen molar-refractivity contribution in [1.82, 2.24) is 5.32 Å². The average molecular weight is 255 g/mol. The highest BCUT2D eigenvalue weighted by Gasteiger charge is 2.36. The Morgan fingerprint density at radius 1 is 1.11 bits per heavy atom. The van der Waals surface area contributed by atoms with E-state index in [1.165, 1.54) is 38.5 Å². The van der Waals surface area contributed by atoms with Gasteiger partial charge in [-0.15, -0.1) is 0 Å². The fourth-order valence-electron chi connectivity index (χ4n) is 3.47. The van der Waals surface area contributed by atoms with Gasteiger partial charge in [-0.3, -0.25) is 0 Å². The van der Waals surface area contributed by atoms with Crippen LogP contribution < -0.4 is 5.32 Å². The van der Waals surface area contributed by atoms with Crippen LogP contribution in [0.15, 0.2) is 0 Å². The van der Waals surface area contributed by atoms with E-state index >= 15 is 0 Å². The van der Waals surface area contributed by atoms with Gasteiger partial charge in [0.05, 0.1) is 6.10 Å². The van der Waals surface area contributed by atoms with Crippen molar-refractivity contribution >= 4 is 0 Å². The van der Waals surface area contributed by atoms with Gasteiger partial charge in [0.2, 0.25) is 0 Å². The molecule has 1 saturated carbocycles. The summed E-state index contributed by atoms with van der Waals surface area (Å²) in [4.78, 5) is 0. The summed E-state index contributed by atoms with van der Waals surface area (Å²) in [5, 5.41) is 3.71. The third-order valence-electron chi connectivity index (χ3n) is 4.28. The van der Waals surface area contributed by atoms with Crippen molar-refractivity contribution in [1.29, 1.82) is 0 Å². The van der Waals surface area contributed by atoms with E-state index in [-0.39, 0.29) is 5.41 Å². The summed E-state index contributed by atoms with van der Waals surface area (Å²) in [5.41, 5.74) is 0.202. The van der Waals surface area contributed by atoms with E-state index in [2.05, 4.69) is 33.0 Å². The smallest absolute Gasteiger partial charge is 0.0775 e. The van der Waals surface area contributed by atoms with E-state index in [1.807, 2.05) is 7.11 Å². The molecule has 108 valence electrons. The maximum atomic E-state index is 5.86. The summed E-state index contributed by atoms with van der Waals surface area (Å²) in [6, 6.07) is 0.512. The van der Waals surface area contributed by atoms with Crippen molar-refractivity contribution in [3.63, 3.8) is 0 Å².